The van der Waals surface area contributed by atoms with Crippen LogP contribution in [0.3, 0.4) is 0 Å². The standard InChI is InChI=1S/C20H27N5O4/c1-5-8-21-19-22-17-16(18(27)23-20(28)24(17)4)25(19)10-14(26)11-29-15-7-6-12(2)13(3)9-15/h6-7,9,14,26H,5,8,10-11H2,1-4H3,(H,21,22)(H,23,27,28)/t14-/m1/s1. The van der Waals surface area contributed by atoms with E-state index in [1.165, 1.54) is 10.1 Å². The maximum atomic E-state index is 12.4. The maximum Gasteiger partial charge on any atom is 0.329 e. The lowest BCUT2D eigenvalue weighted by molar-refractivity contribution is 0.0938. The molecule has 0 amide bonds. The fourth-order valence-electron chi connectivity index (χ4n) is 3.04. The minimum absolute atomic E-state index is 0.0546. The van der Waals surface area contributed by atoms with E-state index >= 15 is 0 Å². The largest absolute Gasteiger partial charge is 0.491 e. The van der Waals surface area contributed by atoms with E-state index in [-0.39, 0.29) is 24.3 Å². The van der Waals surface area contributed by atoms with Gasteiger partial charge in [0, 0.05) is 13.6 Å². The zero-order valence-electron chi connectivity index (χ0n) is 17.2. The molecule has 2 aromatic heterocycles. The Kier molecular flexibility index (Phi) is 6.07. The van der Waals surface area contributed by atoms with Crippen LogP contribution in [0.1, 0.15) is 24.5 Å². The van der Waals surface area contributed by atoms with Gasteiger partial charge in [0.15, 0.2) is 11.2 Å². The maximum absolute atomic E-state index is 12.4. The van der Waals surface area contributed by atoms with E-state index < -0.39 is 17.4 Å². The molecule has 0 aliphatic heterocycles. The first-order valence-corrected chi connectivity index (χ1v) is 9.63. The van der Waals surface area contributed by atoms with Crippen molar-refractivity contribution in [3.8, 4) is 5.75 Å². The number of aromatic amines is 1. The number of aliphatic hydroxyl groups excluding tert-OH is 1. The number of hydrogen-bond acceptors (Lipinski definition) is 6. The first-order chi connectivity index (χ1) is 13.8. The summed E-state index contributed by atoms with van der Waals surface area (Å²) >= 11 is 0. The molecule has 2 heterocycles. The Labute approximate surface area is 168 Å². The molecule has 0 aliphatic rings. The first-order valence-electron chi connectivity index (χ1n) is 9.63. The molecule has 29 heavy (non-hydrogen) atoms. The molecule has 1 aromatic carbocycles. The lowest BCUT2D eigenvalue weighted by Crippen LogP contribution is -2.31. The van der Waals surface area contributed by atoms with Crippen LogP contribution in [0.15, 0.2) is 27.8 Å². The molecule has 3 N–H and O–H groups in total. The molecular formula is C20H27N5O4. The molecular weight excluding hydrogens is 374 g/mol. The number of hydrogen-bond donors (Lipinski definition) is 3. The highest BCUT2D eigenvalue weighted by molar-refractivity contribution is 5.74. The van der Waals surface area contributed by atoms with Gasteiger partial charge in [0.05, 0.1) is 6.54 Å². The molecule has 156 valence electrons. The molecule has 0 aliphatic carbocycles. The number of aliphatic hydroxyl groups is 1. The van der Waals surface area contributed by atoms with Gasteiger partial charge in [-0.25, -0.2) is 4.79 Å². The highest BCUT2D eigenvalue weighted by Crippen LogP contribution is 2.18. The van der Waals surface area contributed by atoms with Crippen LogP contribution in [0.5, 0.6) is 5.75 Å². The first kappa shape index (κ1) is 20.7. The van der Waals surface area contributed by atoms with Crippen molar-refractivity contribution in [1.82, 2.24) is 19.1 Å². The smallest absolute Gasteiger partial charge is 0.329 e. The summed E-state index contributed by atoms with van der Waals surface area (Å²) in [5.41, 5.74) is 1.70. The van der Waals surface area contributed by atoms with Crippen LogP contribution in [-0.2, 0) is 13.6 Å². The molecule has 3 rings (SSSR count). The van der Waals surface area contributed by atoms with E-state index in [9.17, 15) is 14.7 Å². The second-order valence-electron chi connectivity index (χ2n) is 7.17. The summed E-state index contributed by atoms with van der Waals surface area (Å²) in [6.45, 7) is 6.82. The van der Waals surface area contributed by atoms with Crippen LogP contribution in [0.4, 0.5) is 5.95 Å². The highest BCUT2D eigenvalue weighted by Gasteiger charge is 2.19. The quantitative estimate of drug-likeness (QED) is 0.524. The summed E-state index contributed by atoms with van der Waals surface area (Å²) < 4.78 is 8.59. The van der Waals surface area contributed by atoms with Crippen LogP contribution in [-0.4, -0.2) is 43.5 Å². The summed E-state index contributed by atoms with van der Waals surface area (Å²) in [4.78, 5) is 31.0. The summed E-state index contributed by atoms with van der Waals surface area (Å²) in [6, 6.07) is 5.74. The Balaban J connectivity index is 1.87. The van der Waals surface area contributed by atoms with Crippen molar-refractivity contribution in [2.45, 2.75) is 39.8 Å². The number of rotatable bonds is 8. The van der Waals surface area contributed by atoms with E-state index in [1.54, 1.807) is 11.6 Å². The van der Waals surface area contributed by atoms with Gasteiger partial charge in [0.1, 0.15) is 18.5 Å². The van der Waals surface area contributed by atoms with E-state index in [0.717, 1.165) is 12.0 Å². The third-order valence-corrected chi connectivity index (χ3v) is 4.85. The van der Waals surface area contributed by atoms with Gasteiger partial charge >= 0.3 is 5.69 Å². The van der Waals surface area contributed by atoms with Gasteiger partial charge in [-0.1, -0.05) is 13.0 Å². The molecule has 0 unspecified atom stereocenters. The minimum Gasteiger partial charge on any atom is -0.491 e. The molecule has 0 spiro atoms. The second kappa shape index (κ2) is 8.52. The summed E-state index contributed by atoms with van der Waals surface area (Å²) in [6.07, 6.45) is -0.0236. The Morgan fingerprint density at radius 2 is 2.03 bits per heavy atom. The molecule has 9 heteroatoms. The van der Waals surface area contributed by atoms with Gasteiger partial charge in [-0.15, -0.1) is 0 Å². The SMILES string of the molecule is CCCNc1nc2c(c(=O)[nH]c(=O)n2C)n1C[C@@H](O)COc1ccc(C)c(C)c1. The molecule has 0 saturated carbocycles. The Morgan fingerprint density at radius 1 is 1.28 bits per heavy atom. The molecule has 0 saturated heterocycles. The van der Waals surface area contributed by atoms with E-state index in [1.807, 2.05) is 39.0 Å². The third-order valence-electron chi connectivity index (χ3n) is 4.85. The van der Waals surface area contributed by atoms with Gasteiger partial charge in [0.2, 0.25) is 5.95 Å². The van der Waals surface area contributed by atoms with Crippen molar-refractivity contribution in [1.29, 1.82) is 0 Å². The zero-order valence-corrected chi connectivity index (χ0v) is 17.2. The summed E-state index contributed by atoms with van der Waals surface area (Å²) in [5, 5.41) is 13.7. The van der Waals surface area contributed by atoms with E-state index in [4.69, 9.17) is 4.74 Å². The number of anilines is 1. The third kappa shape index (κ3) is 4.34. The number of fused-ring (bicyclic) bond motifs is 1. The van der Waals surface area contributed by atoms with Crippen LogP contribution >= 0.6 is 0 Å². The van der Waals surface area contributed by atoms with Gasteiger partial charge in [0.25, 0.3) is 5.56 Å². The lowest BCUT2D eigenvalue weighted by Gasteiger charge is -2.16. The zero-order chi connectivity index (χ0) is 21.1. The van der Waals surface area contributed by atoms with E-state index in [2.05, 4.69) is 15.3 Å². The van der Waals surface area contributed by atoms with Crippen molar-refractivity contribution in [2.24, 2.45) is 7.05 Å². The van der Waals surface area contributed by atoms with Crippen molar-refractivity contribution in [3.05, 3.63) is 50.2 Å². The monoisotopic (exact) mass is 401 g/mol. The van der Waals surface area contributed by atoms with Gasteiger partial charge in [-0.2, -0.15) is 4.98 Å². The Hall–Kier alpha value is -3.07. The predicted octanol–water partition coefficient (Wildman–Crippen LogP) is 1.30. The molecule has 0 fully saturated rings. The van der Waals surface area contributed by atoms with Crippen molar-refractivity contribution >= 4 is 17.1 Å². The Morgan fingerprint density at radius 3 is 2.72 bits per heavy atom. The minimum atomic E-state index is -0.882. The second-order valence-corrected chi connectivity index (χ2v) is 7.17. The number of imidazole rings is 1. The van der Waals surface area contributed by atoms with Crippen molar-refractivity contribution in [2.75, 3.05) is 18.5 Å². The fourth-order valence-corrected chi connectivity index (χ4v) is 3.04. The number of nitrogens with one attached hydrogen (secondary N) is 2. The van der Waals surface area contributed by atoms with E-state index in [0.29, 0.717) is 18.2 Å². The topological polar surface area (TPSA) is 114 Å². The van der Waals surface area contributed by atoms with Crippen LogP contribution in [0.25, 0.3) is 11.2 Å². The number of ether oxygens (including phenoxy) is 1. The fraction of sp³-hybridized carbons (Fsp3) is 0.450. The summed E-state index contributed by atoms with van der Waals surface area (Å²) in [5.74, 6) is 1.10. The van der Waals surface area contributed by atoms with Crippen molar-refractivity contribution < 1.29 is 9.84 Å². The molecule has 9 nitrogen and oxygen atoms in total. The number of benzene rings is 1. The molecule has 1 atom stereocenters. The highest BCUT2D eigenvalue weighted by atomic mass is 16.5. The Bertz CT molecular complexity index is 1130. The number of H-pyrrole nitrogens is 1. The van der Waals surface area contributed by atoms with Gasteiger partial charge in [-0.3, -0.25) is 14.3 Å². The average molecular weight is 401 g/mol. The summed E-state index contributed by atoms with van der Waals surface area (Å²) in [7, 11) is 1.54. The van der Waals surface area contributed by atoms with Crippen molar-refractivity contribution in [3.63, 3.8) is 0 Å². The van der Waals surface area contributed by atoms with Crippen LogP contribution in [0, 0.1) is 13.8 Å². The van der Waals surface area contributed by atoms with Gasteiger partial charge < -0.3 is 19.7 Å². The molecule has 0 radical (unpaired) electrons. The number of aryl methyl sites for hydroxylation is 3. The average Bonchev–Trinajstić information content (AvgIpc) is 3.04. The van der Waals surface area contributed by atoms with Crippen LogP contribution < -0.4 is 21.3 Å². The number of nitrogens with zero attached hydrogens (tertiary/aromatic N) is 3. The predicted molar refractivity (Wildman–Crippen MR) is 112 cm³/mol. The van der Waals surface area contributed by atoms with Crippen LogP contribution in [0.2, 0.25) is 0 Å². The molecule has 0 bridgehead atoms. The normalized spacial score (nSPS) is 12.3. The van der Waals surface area contributed by atoms with Gasteiger partial charge in [-0.05, 0) is 43.5 Å². The number of aromatic nitrogens is 4. The lowest BCUT2D eigenvalue weighted by atomic mass is 10.1. The molecule has 3 aromatic rings.